The van der Waals surface area contributed by atoms with Crippen molar-refractivity contribution >= 4 is 51.4 Å². The van der Waals surface area contributed by atoms with Crippen molar-refractivity contribution in [3.8, 4) is 5.69 Å². The molecule has 0 atom stereocenters. The summed E-state index contributed by atoms with van der Waals surface area (Å²) in [5.74, 6) is -0.345. The number of amidine groups is 2. The smallest absolute Gasteiger partial charge is 0.283 e. The first-order chi connectivity index (χ1) is 14.3. The molecule has 2 aliphatic heterocycles. The minimum absolute atomic E-state index is 0.0624. The number of nitrogens with one attached hydrogen (secondary N) is 1. The first kappa shape index (κ1) is 20.6. The Hall–Kier alpha value is -2.64. The molecule has 0 saturated heterocycles. The van der Waals surface area contributed by atoms with Crippen LogP contribution in [0.4, 0.5) is 0 Å². The number of thioether (sulfide) groups is 1. The Labute approximate surface area is 184 Å². The molecule has 0 bridgehead atoms. The SMILES string of the molecule is CCCC1=NN2C(=N)/C(=C\c3cc(C)n(-c4cc(Cl)ccc4C)c3C)C(=O)N=C2S1. The van der Waals surface area contributed by atoms with Crippen molar-refractivity contribution < 1.29 is 4.79 Å². The monoisotopic (exact) mass is 439 g/mol. The number of nitrogens with zero attached hydrogens (tertiary/aromatic N) is 4. The van der Waals surface area contributed by atoms with E-state index in [2.05, 4.69) is 21.6 Å². The molecule has 0 fully saturated rings. The number of fused-ring (bicyclic) bond motifs is 1. The lowest BCUT2D eigenvalue weighted by Crippen LogP contribution is -2.35. The van der Waals surface area contributed by atoms with Crippen LogP contribution in [0.15, 0.2) is 39.9 Å². The van der Waals surface area contributed by atoms with Crippen molar-refractivity contribution in [1.29, 1.82) is 5.41 Å². The van der Waals surface area contributed by atoms with Crippen LogP contribution in [0.5, 0.6) is 0 Å². The maximum atomic E-state index is 12.7. The Bertz CT molecular complexity index is 1170. The van der Waals surface area contributed by atoms with Crippen molar-refractivity contribution in [1.82, 2.24) is 9.58 Å². The molecule has 1 amide bonds. The van der Waals surface area contributed by atoms with Gasteiger partial charge in [0.25, 0.3) is 5.91 Å². The van der Waals surface area contributed by atoms with E-state index in [-0.39, 0.29) is 11.4 Å². The fourth-order valence-corrected chi connectivity index (χ4v) is 4.78. The standard InChI is InChI=1S/C22H22ClN5OS/c1-5-6-19-26-28-20(24)17(21(29)25-22(28)30-19)10-15-9-13(3)27(14(15)4)18-11-16(23)8-7-12(18)2/h7-11,24H,5-6H2,1-4H3/b17-10+,24-20?. The molecule has 30 heavy (non-hydrogen) atoms. The molecule has 0 radical (unpaired) electrons. The number of hydrogen-bond acceptors (Lipinski definition) is 4. The first-order valence-electron chi connectivity index (χ1n) is 9.74. The van der Waals surface area contributed by atoms with E-state index in [4.69, 9.17) is 17.0 Å². The number of aliphatic imine (C=N–C) groups is 1. The van der Waals surface area contributed by atoms with Gasteiger partial charge in [0.05, 0.1) is 5.57 Å². The average molecular weight is 440 g/mol. The van der Waals surface area contributed by atoms with Crippen LogP contribution in [0.25, 0.3) is 11.8 Å². The van der Waals surface area contributed by atoms with Crippen molar-refractivity contribution in [2.45, 2.75) is 40.5 Å². The normalized spacial score (nSPS) is 17.5. The Morgan fingerprint density at radius 2 is 2.00 bits per heavy atom. The number of aryl methyl sites for hydroxylation is 2. The molecule has 3 heterocycles. The second-order valence-electron chi connectivity index (χ2n) is 7.36. The van der Waals surface area contributed by atoms with Gasteiger partial charge in [0.1, 0.15) is 5.04 Å². The van der Waals surface area contributed by atoms with E-state index in [1.165, 1.54) is 16.8 Å². The molecule has 0 spiro atoms. The molecule has 2 aromatic rings. The van der Waals surface area contributed by atoms with Gasteiger partial charge in [-0.15, -0.1) is 0 Å². The number of halogens is 1. The van der Waals surface area contributed by atoms with Crippen LogP contribution in [0, 0.1) is 26.2 Å². The van der Waals surface area contributed by atoms with Crippen molar-refractivity contribution in [3.05, 3.63) is 57.4 Å². The van der Waals surface area contributed by atoms with E-state index in [9.17, 15) is 4.79 Å². The fourth-order valence-electron chi connectivity index (χ4n) is 3.63. The molecular formula is C22H22ClN5OS. The topological polar surface area (TPSA) is 73.8 Å². The zero-order chi connectivity index (χ0) is 21.6. The third kappa shape index (κ3) is 3.52. The van der Waals surface area contributed by atoms with Crippen molar-refractivity contribution in [2.24, 2.45) is 10.1 Å². The number of rotatable bonds is 4. The lowest BCUT2D eigenvalue weighted by atomic mass is 10.1. The van der Waals surface area contributed by atoms with Gasteiger partial charge in [-0.05, 0) is 80.8 Å². The van der Waals surface area contributed by atoms with Gasteiger partial charge in [0.15, 0.2) is 5.84 Å². The highest BCUT2D eigenvalue weighted by molar-refractivity contribution is 8.26. The Morgan fingerprint density at radius 3 is 2.73 bits per heavy atom. The predicted octanol–water partition coefficient (Wildman–Crippen LogP) is 5.48. The molecule has 4 rings (SSSR count). The van der Waals surface area contributed by atoms with Crippen LogP contribution in [-0.2, 0) is 4.79 Å². The van der Waals surface area contributed by atoms with Gasteiger partial charge in [-0.2, -0.15) is 15.1 Å². The van der Waals surface area contributed by atoms with Gasteiger partial charge in [0.2, 0.25) is 5.17 Å². The molecule has 1 aromatic heterocycles. The van der Waals surface area contributed by atoms with Gasteiger partial charge in [0, 0.05) is 22.1 Å². The average Bonchev–Trinajstić information content (AvgIpc) is 3.21. The van der Waals surface area contributed by atoms with E-state index >= 15 is 0 Å². The molecule has 0 saturated carbocycles. The minimum Gasteiger partial charge on any atom is -0.318 e. The number of benzene rings is 1. The third-order valence-electron chi connectivity index (χ3n) is 5.14. The Kier molecular flexibility index (Phi) is 5.42. The number of hydrazone groups is 1. The lowest BCUT2D eigenvalue weighted by molar-refractivity contribution is -0.114. The van der Waals surface area contributed by atoms with Crippen LogP contribution >= 0.6 is 23.4 Å². The van der Waals surface area contributed by atoms with Crippen LogP contribution in [0.1, 0.15) is 42.3 Å². The van der Waals surface area contributed by atoms with Gasteiger partial charge >= 0.3 is 0 Å². The molecule has 0 aliphatic carbocycles. The highest BCUT2D eigenvalue weighted by Gasteiger charge is 2.35. The molecule has 154 valence electrons. The zero-order valence-electron chi connectivity index (χ0n) is 17.3. The fraction of sp³-hybridized carbons (Fsp3) is 0.273. The van der Waals surface area contributed by atoms with Gasteiger partial charge in [-0.25, -0.2) is 0 Å². The zero-order valence-corrected chi connectivity index (χ0v) is 18.9. The number of hydrogen-bond donors (Lipinski definition) is 1. The van der Waals surface area contributed by atoms with Gasteiger partial charge < -0.3 is 4.57 Å². The summed E-state index contributed by atoms with van der Waals surface area (Å²) in [4.78, 5) is 16.8. The number of carbonyl (C=O) groups excluding carboxylic acids is 1. The summed E-state index contributed by atoms with van der Waals surface area (Å²) in [7, 11) is 0. The van der Waals surface area contributed by atoms with Crippen LogP contribution in [-0.4, -0.2) is 31.5 Å². The van der Waals surface area contributed by atoms with E-state index in [0.717, 1.165) is 46.1 Å². The quantitative estimate of drug-likeness (QED) is 0.641. The second-order valence-corrected chi connectivity index (χ2v) is 8.83. The highest BCUT2D eigenvalue weighted by atomic mass is 35.5. The van der Waals surface area contributed by atoms with E-state index < -0.39 is 5.91 Å². The molecule has 2 aliphatic rings. The summed E-state index contributed by atoms with van der Waals surface area (Å²) < 4.78 is 2.11. The van der Waals surface area contributed by atoms with E-state index in [0.29, 0.717) is 10.2 Å². The predicted molar refractivity (Wildman–Crippen MR) is 125 cm³/mol. The number of amides is 1. The Balaban J connectivity index is 1.75. The summed E-state index contributed by atoms with van der Waals surface area (Å²) in [5, 5.41) is 16.5. The van der Waals surface area contributed by atoms with Gasteiger partial charge in [-0.3, -0.25) is 10.2 Å². The maximum Gasteiger partial charge on any atom is 0.283 e. The molecule has 1 N–H and O–H groups in total. The summed E-state index contributed by atoms with van der Waals surface area (Å²) in [6.45, 7) is 8.12. The van der Waals surface area contributed by atoms with Gasteiger partial charge in [-0.1, -0.05) is 24.6 Å². The first-order valence-corrected chi connectivity index (χ1v) is 10.9. The molecular weight excluding hydrogens is 418 g/mol. The largest absolute Gasteiger partial charge is 0.318 e. The van der Waals surface area contributed by atoms with Crippen molar-refractivity contribution in [2.75, 3.05) is 0 Å². The van der Waals surface area contributed by atoms with Crippen LogP contribution in [0.3, 0.4) is 0 Å². The maximum absolute atomic E-state index is 12.7. The second kappa shape index (κ2) is 7.89. The van der Waals surface area contributed by atoms with E-state index in [1.54, 1.807) is 6.08 Å². The number of carbonyl (C=O) groups is 1. The molecule has 0 unspecified atom stereocenters. The summed E-state index contributed by atoms with van der Waals surface area (Å²) in [6, 6.07) is 7.80. The molecule has 8 heteroatoms. The molecule has 6 nitrogen and oxygen atoms in total. The summed E-state index contributed by atoms with van der Waals surface area (Å²) >= 11 is 7.59. The summed E-state index contributed by atoms with van der Waals surface area (Å²) in [6.07, 6.45) is 3.49. The van der Waals surface area contributed by atoms with Crippen LogP contribution in [0.2, 0.25) is 5.02 Å². The highest BCUT2D eigenvalue weighted by Crippen LogP contribution is 2.31. The minimum atomic E-state index is -0.407. The summed E-state index contributed by atoms with van der Waals surface area (Å²) in [5.41, 5.74) is 5.18. The lowest BCUT2D eigenvalue weighted by Gasteiger charge is -2.20. The molecule has 1 aromatic carbocycles. The number of aromatic nitrogens is 1. The van der Waals surface area contributed by atoms with E-state index in [1.807, 2.05) is 45.0 Å². The van der Waals surface area contributed by atoms with Crippen LogP contribution < -0.4 is 0 Å². The Morgan fingerprint density at radius 1 is 1.23 bits per heavy atom. The third-order valence-corrected chi connectivity index (χ3v) is 6.35. The van der Waals surface area contributed by atoms with Crippen molar-refractivity contribution in [3.63, 3.8) is 0 Å².